The van der Waals surface area contributed by atoms with Crippen LogP contribution in [0.5, 0.6) is 0 Å². The van der Waals surface area contributed by atoms with Crippen molar-refractivity contribution in [3.63, 3.8) is 0 Å². The lowest BCUT2D eigenvalue weighted by atomic mass is 9.85. The number of amidine groups is 1. The smallest absolute Gasteiger partial charge is 0.0992 e. The van der Waals surface area contributed by atoms with E-state index in [1.165, 1.54) is 51.5 Å². The molecule has 2 heteroatoms. The average molecular weight is 192 g/mol. The van der Waals surface area contributed by atoms with Crippen LogP contribution in [0.25, 0.3) is 0 Å². The Morgan fingerprint density at radius 2 is 1.79 bits per heavy atom. The van der Waals surface area contributed by atoms with Crippen LogP contribution in [-0.2, 0) is 0 Å². The Kier molecular flexibility index (Phi) is 2.03. The molecular weight excluding hydrogens is 172 g/mol. The molecule has 3 aliphatic rings. The number of rotatable bonds is 1. The summed E-state index contributed by atoms with van der Waals surface area (Å²) in [4.78, 5) is 2.45. The summed E-state index contributed by atoms with van der Waals surface area (Å²) in [5.74, 6) is 2.57. The highest BCUT2D eigenvalue weighted by atomic mass is 15.2. The summed E-state index contributed by atoms with van der Waals surface area (Å²) in [6.45, 7) is 1.19. The van der Waals surface area contributed by atoms with E-state index in [0.29, 0.717) is 5.92 Å². The molecule has 1 aliphatic heterocycles. The van der Waals surface area contributed by atoms with E-state index in [4.69, 9.17) is 5.41 Å². The van der Waals surface area contributed by atoms with Gasteiger partial charge in [-0.3, -0.25) is 5.41 Å². The SMILES string of the molecule is N=C(C1CC1)N1CCC2CCCCC21. The fourth-order valence-corrected chi connectivity index (χ4v) is 3.30. The van der Waals surface area contributed by atoms with E-state index in [1.54, 1.807) is 0 Å². The summed E-state index contributed by atoms with van der Waals surface area (Å²) in [5, 5.41) is 8.15. The molecule has 0 aromatic carbocycles. The second kappa shape index (κ2) is 3.25. The monoisotopic (exact) mass is 192 g/mol. The van der Waals surface area contributed by atoms with Crippen molar-refractivity contribution >= 4 is 5.84 Å². The molecule has 2 unspecified atom stereocenters. The highest BCUT2D eigenvalue weighted by Crippen LogP contribution is 2.40. The maximum atomic E-state index is 8.15. The molecule has 1 heterocycles. The quantitative estimate of drug-likeness (QED) is 0.502. The Morgan fingerprint density at radius 1 is 1.00 bits per heavy atom. The van der Waals surface area contributed by atoms with Crippen LogP contribution in [0, 0.1) is 17.2 Å². The van der Waals surface area contributed by atoms with Crippen molar-refractivity contribution in [2.24, 2.45) is 11.8 Å². The van der Waals surface area contributed by atoms with Crippen LogP contribution in [0.3, 0.4) is 0 Å². The molecule has 2 nitrogen and oxygen atoms in total. The number of likely N-dealkylation sites (tertiary alicyclic amines) is 1. The summed E-state index contributed by atoms with van der Waals surface area (Å²) < 4.78 is 0. The Labute approximate surface area is 86.2 Å². The van der Waals surface area contributed by atoms with E-state index in [9.17, 15) is 0 Å². The van der Waals surface area contributed by atoms with Crippen molar-refractivity contribution in [3.05, 3.63) is 0 Å². The van der Waals surface area contributed by atoms with Crippen molar-refractivity contribution in [2.75, 3.05) is 6.54 Å². The van der Waals surface area contributed by atoms with Crippen LogP contribution in [0.1, 0.15) is 44.9 Å². The van der Waals surface area contributed by atoms with Gasteiger partial charge in [-0.05, 0) is 38.0 Å². The molecular formula is C12H20N2. The lowest BCUT2D eigenvalue weighted by molar-refractivity contribution is 0.249. The second-order valence-corrected chi connectivity index (χ2v) is 5.25. The van der Waals surface area contributed by atoms with Gasteiger partial charge < -0.3 is 4.90 Å². The zero-order valence-corrected chi connectivity index (χ0v) is 8.84. The average Bonchev–Trinajstić information content (AvgIpc) is 2.97. The second-order valence-electron chi connectivity index (χ2n) is 5.25. The minimum Gasteiger partial charge on any atom is -0.357 e. The minimum atomic E-state index is 0.649. The third-order valence-corrected chi connectivity index (χ3v) is 4.28. The van der Waals surface area contributed by atoms with Gasteiger partial charge >= 0.3 is 0 Å². The Balaban J connectivity index is 1.71. The maximum Gasteiger partial charge on any atom is 0.0992 e. The Morgan fingerprint density at radius 3 is 2.57 bits per heavy atom. The molecule has 2 atom stereocenters. The first-order chi connectivity index (χ1) is 6.86. The zero-order chi connectivity index (χ0) is 9.54. The van der Waals surface area contributed by atoms with Gasteiger partial charge in [-0.15, -0.1) is 0 Å². The van der Waals surface area contributed by atoms with E-state index in [0.717, 1.165) is 17.8 Å². The van der Waals surface area contributed by atoms with Gasteiger partial charge in [0.1, 0.15) is 0 Å². The summed E-state index contributed by atoms with van der Waals surface area (Å²) in [7, 11) is 0. The molecule has 0 spiro atoms. The van der Waals surface area contributed by atoms with Gasteiger partial charge in [0.25, 0.3) is 0 Å². The fourth-order valence-electron chi connectivity index (χ4n) is 3.30. The lowest BCUT2D eigenvalue weighted by Gasteiger charge is -2.33. The number of fused-ring (bicyclic) bond motifs is 1. The van der Waals surface area contributed by atoms with E-state index < -0.39 is 0 Å². The van der Waals surface area contributed by atoms with E-state index in [2.05, 4.69) is 4.90 Å². The molecule has 2 aliphatic carbocycles. The molecule has 3 rings (SSSR count). The predicted molar refractivity (Wildman–Crippen MR) is 57.5 cm³/mol. The highest BCUT2D eigenvalue weighted by Gasteiger charge is 2.40. The van der Waals surface area contributed by atoms with Gasteiger partial charge in [0, 0.05) is 18.5 Å². The summed E-state index contributed by atoms with van der Waals surface area (Å²) >= 11 is 0. The minimum absolute atomic E-state index is 0.649. The number of hydrogen-bond donors (Lipinski definition) is 1. The fraction of sp³-hybridized carbons (Fsp3) is 0.917. The summed E-state index contributed by atoms with van der Waals surface area (Å²) in [5.41, 5.74) is 0. The Bertz CT molecular complexity index is 245. The first-order valence-electron chi connectivity index (χ1n) is 6.21. The molecule has 2 saturated carbocycles. The molecule has 0 amide bonds. The number of nitrogens with one attached hydrogen (secondary N) is 1. The van der Waals surface area contributed by atoms with Crippen molar-refractivity contribution in [1.29, 1.82) is 5.41 Å². The van der Waals surface area contributed by atoms with Gasteiger partial charge in [0.05, 0.1) is 5.84 Å². The zero-order valence-electron chi connectivity index (χ0n) is 8.84. The van der Waals surface area contributed by atoms with E-state index in [-0.39, 0.29) is 0 Å². The first-order valence-corrected chi connectivity index (χ1v) is 6.21. The van der Waals surface area contributed by atoms with Crippen LogP contribution in [0.15, 0.2) is 0 Å². The third kappa shape index (κ3) is 1.35. The largest absolute Gasteiger partial charge is 0.357 e. The van der Waals surface area contributed by atoms with Crippen LogP contribution >= 0.6 is 0 Å². The van der Waals surface area contributed by atoms with Crippen molar-refractivity contribution < 1.29 is 0 Å². The lowest BCUT2D eigenvalue weighted by Crippen LogP contribution is -2.39. The molecule has 1 saturated heterocycles. The predicted octanol–water partition coefficient (Wildman–Crippen LogP) is 2.64. The number of nitrogens with zero attached hydrogens (tertiary/aromatic N) is 1. The van der Waals surface area contributed by atoms with Crippen molar-refractivity contribution in [1.82, 2.24) is 4.90 Å². The standard InChI is InChI=1S/C12H20N2/c13-12(10-5-6-10)14-8-7-9-3-1-2-4-11(9)14/h9-11,13H,1-8H2. The molecule has 3 fully saturated rings. The molecule has 0 radical (unpaired) electrons. The normalized spacial score (nSPS) is 37.0. The van der Waals surface area contributed by atoms with Crippen LogP contribution in [0.4, 0.5) is 0 Å². The third-order valence-electron chi connectivity index (χ3n) is 4.28. The molecule has 1 N–H and O–H groups in total. The van der Waals surface area contributed by atoms with Crippen molar-refractivity contribution in [2.45, 2.75) is 51.0 Å². The molecule has 14 heavy (non-hydrogen) atoms. The van der Waals surface area contributed by atoms with Gasteiger partial charge in [-0.2, -0.15) is 0 Å². The van der Waals surface area contributed by atoms with Crippen LogP contribution in [-0.4, -0.2) is 23.3 Å². The van der Waals surface area contributed by atoms with E-state index in [1.807, 2.05) is 0 Å². The highest BCUT2D eigenvalue weighted by molar-refractivity contribution is 5.84. The van der Waals surface area contributed by atoms with Crippen LogP contribution < -0.4 is 0 Å². The first kappa shape index (κ1) is 8.75. The Hall–Kier alpha value is -0.530. The van der Waals surface area contributed by atoms with Crippen LogP contribution in [0.2, 0.25) is 0 Å². The van der Waals surface area contributed by atoms with E-state index >= 15 is 0 Å². The van der Waals surface area contributed by atoms with Crippen molar-refractivity contribution in [3.8, 4) is 0 Å². The molecule has 0 bridgehead atoms. The van der Waals surface area contributed by atoms with Gasteiger partial charge in [-0.1, -0.05) is 12.8 Å². The molecule has 78 valence electrons. The number of hydrogen-bond acceptors (Lipinski definition) is 1. The maximum absolute atomic E-state index is 8.15. The summed E-state index contributed by atoms with van der Waals surface area (Å²) in [6, 6.07) is 0.761. The van der Waals surface area contributed by atoms with Gasteiger partial charge in [-0.25, -0.2) is 0 Å². The summed E-state index contributed by atoms with van der Waals surface area (Å²) in [6.07, 6.45) is 9.56. The molecule has 0 aromatic rings. The van der Waals surface area contributed by atoms with Gasteiger partial charge in [0.15, 0.2) is 0 Å². The molecule has 0 aromatic heterocycles. The van der Waals surface area contributed by atoms with Gasteiger partial charge in [0.2, 0.25) is 0 Å². The topological polar surface area (TPSA) is 27.1 Å².